The van der Waals surface area contributed by atoms with Crippen LogP contribution in [0, 0.1) is 17.0 Å². The Kier molecular flexibility index (Phi) is 4.47. The van der Waals surface area contributed by atoms with Crippen LogP contribution in [0.15, 0.2) is 36.4 Å². The molecule has 0 unspecified atom stereocenters. The molecule has 0 saturated carbocycles. The van der Waals surface area contributed by atoms with Crippen LogP contribution in [0.2, 0.25) is 5.02 Å². The Balaban J connectivity index is 2.35. The van der Waals surface area contributed by atoms with Crippen LogP contribution in [0.4, 0.5) is 5.69 Å². The molecule has 0 saturated heterocycles. The van der Waals surface area contributed by atoms with Crippen LogP contribution in [0.25, 0.3) is 0 Å². The van der Waals surface area contributed by atoms with Crippen molar-refractivity contribution in [2.24, 2.45) is 0 Å². The lowest BCUT2D eigenvalue weighted by molar-refractivity contribution is -0.384. The zero-order valence-corrected chi connectivity index (χ0v) is 12.1. The normalized spacial score (nSPS) is 10.3. The zero-order valence-electron chi connectivity index (χ0n) is 10.6. The molecule has 0 fully saturated rings. The van der Waals surface area contributed by atoms with Crippen molar-refractivity contribution >= 4 is 28.9 Å². The molecule has 4 nitrogen and oxygen atoms in total. The summed E-state index contributed by atoms with van der Waals surface area (Å²) < 4.78 is 5.76. The van der Waals surface area contributed by atoms with Gasteiger partial charge in [0.2, 0.25) is 0 Å². The molecule has 0 N–H and O–H groups in total. The maximum Gasteiger partial charge on any atom is 0.270 e. The fourth-order valence-electron chi connectivity index (χ4n) is 1.73. The fourth-order valence-corrected chi connectivity index (χ4v) is 2.16. The largest absolute Gasteiger partial charge is 0.457 e. The van der Waals surface area contributed by atoms with Crippen LogP contribution < -0.4 is 4.74 Å². The number of halogens is 2. The predicted molar refractivity (Wildman–Crippen MR) is 78.9 cm³/mol. The Morgan fingerprint density at radius 3 is 2.50 bits per heavy atom. The van der Waals surface area contributed by atoms with Crippen molar-refractivity contribution in [2.45, 2.75) is 12.8 Å². The molecule has 2 rings (SSSR count). The molecular formula is C14H11Cl2NO3. The minimum Gasteiger partial charge on any atom is -0.457 e. The first kappa shape index (κ1) is 14.6. The second-order valence-electron chi connectivity index (χ2n) is 4.19. The van der Waals surface area contributed by atoms with E-state index in [1.165, 1.54) is 12.1 Å². The van der Waals surface area contributed by atoms with Gasteiger partial charge in [-0.15, -0.1) is 11.6 Å². The highest BCUT2D eigenvalue weighted by Gasteiger charge is 2.12. The zero-order chi connectivity index (χ0) is 14.7. The van der Waals surface area contributed by atoms with Crippen LogP contribution in [0.1, 0.15) is 11.1 Å². The number of non-ortho nitro benzene ring substituents is 1. The van der Waals surface area contributed by atoms with Gasteiger partial charge in [0, 0.05) is 22.7 Å². The Morgan fingerprint density at radius 2 is 1.90 bits per heavy atom. The van der Waals surface area contributed by atoms with Gasteiger partial charge < -0.3 is 4.74 Å². The van der Waals surface area contributed by atoms with E-state index >= 15 is 0 Å². The number of nitro benzene ring substituents is 1. The average Bonchev–Trinajstić information content (AvgIpc) is 2.42. The first-order valence-electron chi connectivity index (χ1n) is 5.78. The van der Waals surface area contributed by atoms with Gasteiger partial charge in [0.05, 0.1) is 10.8 Å². The third-order valence-electron chi connectivity index (χ3n) is 2.76. The highest BCUT2D eigenvalue weighted by atomic mass is 35.5. The number of hydrogen-bond acceptors (Lipinski definition) is 3. The topological polar surface area (TPSA) is 52.4 Å². The second kappa shape index (κ2) is 6.11. The van der Waals surface area contributed by atoms with E-state index in [9.17, 15) is 10.1 Å². The predicted octanol–water partition coefficient (Wildman–Crippen LogP) is 5.09. The van der Waals surface area contributed by atoms with E-state index in [1.54, 1.807) is 24.3 Å². The van der Waals surface area contributed by atoms with Crippen LogP contribution in [-0.2, 0) is 5.88 Å². The summed E-state index contributed by atoms with van der Waals surface area (Å²) in [6.07, 6.45) is 0. The van der Waals surface area contributed by atoms with E-state index in [-0.39, 0.29) is 11.6 Å². The van der Waals surface area contributed by atoms with Crippen LogP contribution >= 0.6 is 23.2 Å². The molecule has 0 amide bonds. The summed E-state index contributed by atoms with van der Waals surface area (Å²) in [7, 11) is 0. The Hall–Kier alpha value is -1.78. The van der Waals surface area contributed by atoms with Crippen molar-refractivity contribution in [3.63, 3.8) is 0 Å². The number of nitro groups is 1. The smallest absolute Gasteiger partial charge is 0.270 e. The fraction of sp³-hybridized carbons (Fsp3) is 0.143. The highest BCUT2D eigenvalue weighted by Crippen LogP contribution is 2.32. The first-order valence-corrected chi connectivity index (χ1v) is 6.70. The lowest BCUT2D eigenvalue weighted by atomic mass is 10.2. The van der Waals surface area contributed by atoms with Crippen molar-refractivity contribution in [1.29, 1.82) is 0 Å². The van der Waals surface area contributed by atoms with Gasteiger partial charge in [-0.1, -0.05) is 11.6 Å². The second-order valence-corrected chi connectivity index (χ2v) is 4.90. The number of ether oxygens (including phenoxy) is 1. The molecule has 6 heteroatoms. The molecule has 0 spiro atoms. The van der Waals surface area contributed by atoms with E-state index in [0.29, 0.717) is 22.1 Å². The molecule has 0 atom stereocenters. The summed E-state index contributed by atoms with van der Waals surface area (Å²) in [5.41, 5.74) is 1.42. The Bertz CT molecular complexity index is 659. The van der Waals surface area contributed by atoms with Crippen molar-refractivity contribution in [3.05, 3.63) is 62.7 Å². The van der Waals surface area contributed by atoms with Gasteiger partial charge in [0.1, 0.15) is 11.5 Å². The molecule has 20 heavy (non-hydrogen) atoms. The number of aryl methyl sites for hydroxylation is 1. The van der Waals surface area contributed by atoms with Gasteiger partial charge in [0.15, 0.2) is 0 Å². The van der Waals surface area contributed by atoms with Crippen molar-refractivity contribution in [2.75, 3.05) is 0 Å². The van der Waals surface area contributed by atoms with Crippen LogP contribution in [0.5, 0.6) is 11.5 Å². The summed E-state index contributed by atoms with van der Waals surface area (Å²) >= 11 is 11.7. The molecule has 0 aromatic heterocycles. The lowest BCUT2D eigenvalue weighted by Crippen LogP contribution is -1.94. The maximum absolute atomic E-state index is 10.7. The summed E-state index contributed by atoms with van der Waals surface area (Å²) in [5.74, 6) is 1.26. The summed E-state index contributed by atoms with van der Waals surface area (Å²) in [5, 5.41) is 11.4. The summed E-state index contributed by atoms with van der Waals surface area (Å²) in [6.45, 7) is 1.87. The number of benzene rings is 2. The number of hydrogen-bond donors (Lipinski definition) is 0. The number of rotatable bonds is 4. The van der Waals surface area contributed by atoms with E-state index in [0.717, 1.165) is 5.56 Å². The first-order chi connectivity index (χ1) is 9.51. The average molecular weight is 312 g/mol. The summed E-state index contributed by atoms with van der Waals surface area (Å²) in [6, 6.07) is 9.59. The van der Waals surface area contributed by atoms with Gasteiger partial charge in [-0.05, 0) is 36.8 Å². The van der Waals surface area contributed by atoms with Gasteiger partial charge in [-0.3, -0.25) is 10.1 Å². The Morgan fingerprint density at radius 1 is 1.20 bits per heavy atom. The minimum atomic E-state index is -0.465. The third kappa shape index (κ3) is 3.21. The minimum absolute atomic E-state index is 0.0131. The van der Waals surface area contributed by atoms with Gasteiger partial charge in [-0.2, -0.15) is 0 Å². The van der Waals surface area contributed by atoms with E-state index in [1.807, 2.05) is 6.92 Å². The van der Waals surface area contributed by atoms with Crippen LogP contribution in [0.3, 0.4) is 0 Å². The molecule has 0 bridgehead atoms. The number of nitrogens with zero attached hydrogens (tertiary/aromatic N) is 1. The summed E-state index contributed by atoms with van der Waals surface area (Å²) in [4.78, 5) is 10.3. The van der Waals surface area contributed by atoms with Crippen molar-refractivity contribution < 1.29 is 9.66 Å². The third-order valence-corrected chi connectivity index (χ3v) is 3.28. The quantitative estimate of drug-likeness (QED) is 0.449. The van der Waals surface area contributed by atoms with Gasteiger partial charge in [0.25, 0.3) is 5.69 Å². The molecular weight excluding hydrogens is 301 g/mol. The van der Waals surface area contributed by atoms with Gasteiger partial charge in [-0.25, -0.2) is 0 Å². The monoisotopic (exact) mass is 311 g/mol. The molecule has 0 aliphatic carbocycles. The SMILES string of the molecule is Cc1cc(Cl)ccc1Oc1ccc([N+](=O)[O-])cc1CCl. The van der Waals surface area contributed by atoms with Crippen molar-refractivity contribution in [3.8, 4) is 11.5 Å². The van der Waals surface area contributed by atoms with Crippen LogP contribution in [-0.4, -0.2) is 4.92 Å². The van der Waals surface area contributed by atoms with Crippen molar-refractivity contribution in [1.82, 2.24) is 0 Å². The number of alkyl halides is 1. The lowest BCUT2D eigenvalue weighted by Gasteiger charge is -2.11. The molecule has 104 valence electrons. The van der Waals surface area contributed by atoms with E-state index < -0.39 is 4.92 Å². The highest BCUT2D eigenvalue weighted by molar-refractivity contribution is 6.30. The Labute approximate surface area is 126 Å². The van der Waals surface area contributed by atoms with Gasteiger partial charge >= 0.3 is 0 Å². The molecule has 0 radical (unpaired) electrons. The molecule has 0 aliphatic heterocycles. The molecule has 2 aromatic rings. The van der Waals surface area contributed by atoms with E-state index in [4.69, 9.17) is 27.9 Å². The molecule has 0 heterocycles. The molecule has 2 aromatic carbocycles. The van der Waals surface area contributed by atoms with E-state index in [2.05, 4.69) is 0 Å². The maximum atomic E-state index is 10.7. The standard InChI is InChI=1S/C14H11Cl2NO3/c1-9-6-11(16)2-4-13(9)20-14-5-3-12(17(18)19)7-10(14)8-15/h2-7H,8H2,1H3. The molecule has 0 aliphatic rings.